The van der Waals surface area contributed by atoms with Gasteiger partial charge >= 0.3 is 0 Å². The van der Waals surface area contributed by atoms with Gasteiger partial charge in [-0.2, -0.15) is 0 Å². The van der Waals surface area contributed by atoms with Crippen LogP contribution in [0, 0.1) is 0 Å². The molecule has 1 saturated heterocycles. The summed E-state index contributed by atoms with van der Waals surface area (Å²) >= 11 is 1.49. The second-order valence-corrected chi connectivity index (χ2v) is 7.02. The van der Waals surface area contributed by atoms with Gasteiger partial charge in [-0.1, -0.05) is 0 Å². The third kappa shape index (κ3) is 4.66. The van der Waals surface area contributed by atoms with Gasteiger partial charge in [0.25, 0.3) is 0 Å². The molecule has 0 unspecified atom stereocenters. The van der Waals surface area contributed by atoms with E-state index in [1.807, 2.05) is 17.5 Å². The predicted molar refractivity (Wildman–Crippen MR) is 93.0 cm³/mol. The Labute approximate surface area is 145 Å². The molecule has 1 fully saturated rings. The van der Waals surface area contributed by atoms with E-state index in [0.717, 1.165) is 36.1 Å². The quantitative estimate of drug-likeness (QED) is 0.866. The standard InChI is InChI=1S/C17H23N3O3S/c1-12-9-20(10-13(2)23-12)6-5-18-16(21)8-14-11-24-17(19-14)15-4-3-7-22-15/h3-4,7,11-13H,5-6,8-10H2,1-2H3,(H,18,21)/t12-,13-/m0/s1. The maximum Gasteiger partial charge on any atom is 0.226 e. The molecule has 1 aliphatic heterocycles. The molecule has 1 aliphatic rings. The lowest BCUT2D eigenvalue weighted by Crippen LogP contribution is -2.48. The first-order chi connectivity index (χ1) is 11.6. The lowest BCUT2D eigenvalue weighted by atomic mass is 10.2. The topological polar surface area (TPSA) is 67.6 Å². The molecule has 2 aromatic rings. The van der Waals surface area contributed by atoms with Crippen LogP contribution in [0.4, 0.5) is 0 Å². The van der Waals surface area contributed by atoms with E-state index < -0.39 is 0 Å². The predicted octanol–water partition coefficient (Wildman–Crippen LogP) is 2.17. The van der Waals surface area contributed by atoms with Gasteiger partial charge in [-0.3, -0.25) is 9.69 Å². The minimum atomic E-state index is 0.000603. The van der Waals surface area contributed by atoms with Crippen molar-refractivity contribution < 1.29 is 13.9 Å². The summed E-state index contributed by atoms with van der Waals surface area (Å²) in [4.78, 5) is 18.8. The number of nitrogens with zero attached hydrogens (tertiary/aromatic N) is 2. The van der Waals surface area contributed by atoms with Gasteiger partial charge < -0.3 is 14.5 Å². The van der Waals surface area contributed by atoms with E-state index in [-0.39, 0.29) is 18.1 Å². The number of nitrogens with one attached hydrogen (secondary N) is 1. The Bertz CT molecular complexity index is 646. The number of furan rings is 1. The van der Waals surface area contributed by atoms with Crippen LogP contribution in [0.25, 0.3) is 10.8 Å². The minimum absolute atomic E-state index is 0.000603. The van der Waals surface area contributed by atoms with E-state index in [0.29, 0.717) is 13.0 Å². The zero-order valence-electron chi connectivity index (χ0n) is 14.0. The highest BCUT2D eigenvalue weighted by atomic mass is 32.1. The number of carbonyl (C=O) groups is 1. The summed E-state index contributed by atoms with van der Waals surface area (Å²) in [7, 11) is 0. The van der Waals surface area contributed by atoms with E-state index in [1.54, 1.807) is 6.26 Å². The molecule has 1 N–H and O–H groups in total. The van der Waals surface area contributed by atoms with Crippen molar-refractivity contribution in [3.05, 3.63) is 29.5 Å². The van der Waals surface area contributed by atoms with Gasteiger partial charge in [0.2, 0.25) is 5.91 Å². The Morgan fingerprint density at radius 3 is 2.92 bits per heavy atom. The molecule has 0 spiro atoms. The van der Waals surface area contributed by atoms with Crippen LogP contribution < -0.4 is 5.32 Å². The fourth-order valence-electron chi connectivity index (χ4n) is 2.95. The molecule has 2 atom stereocenters. The van der Waals surface area contributed by atoms with E-state index in [4.69, 9.17) is 9.15 Å². The van der Waals surface area contributed by atoms with Crippen LogP contribution in [0.3, 0.4) is 0 Å². The first kappa shape index (κ1) is 17.1. The SMILES string of the molecule is C[C@H]1CN(CCNC(=O)Cc2csc(-c3ccco3)n2)C[C@H](C)O1. The van der Waals surface area contributed by atoms with E-state index in [1.165, 1.54) is 11.3 Å². The molecule has 0 radical (unpaired) electrons. The Morgan fingerprint density at radius 1 is 1.42 bits per heavy atom. The summed E-state index contributed by atoms with van der Waals surface area (Å²) < 4.78 is 11.0. The fraction of sp³-hybridized carbons (Fsp3) is 0.529. The highest BCUT2D eigenvalue weighted by Gasteiger charge is 2.21. The monoisotopic (exact) mass is 349 g/mol. The molecular formula is C17H23N3O3S. The molecule has 0 aliphatic carbocycles. The lowest BCUT2D eigenvalue weighted by molar-refractivity contribution is -0.120. The van der Waals surface area contributed by atoms with Crippen molar-refractivity contribution in [1.82, 2.24) is 15.2 Å². The van der Waals surface area contributed by atoms with Gasteiger partial charge in [0.1, 0.15) is 0 Å². The van der Waals surface area contributed by atoms with Crippen molar-refractivity contribution in [3.8, 4) is 10.8 Å². The average molecular weight is 349 g/mol. The largest absolute Gasteiger partial charge is 0.462 e. The third-order valence-electron chi connectivity index (χ3n) is 3.87. The van der Waals surface area contributed by atoms with Crippen LogP contribution in [0.2, 0.25) is 0 Å². The molecule has 0 aromatic carbocycles. The lowest BCUT2D eigenvalue weighted by Gasteiger charge is -2.35. The van der Waals surface area contributed by atoms with E-state index in [9.17, 15) is 4.79 Å². The average Bonchev–Trinajstić information content (AvgIpc) is 3.16. The molecule has 130 valence electrons. The van der Waals surface area contributed by atoms with Crippen LogP contribution in [-0.2, 0) is 16.0 Å². The van der Waals surface area contributed by atoms with Crippen molar-refractivity contribution in [2.45, 2.75) is 32.5 Å². The van der Waals surface area contributed by atoms with Crippen molar-refractivity contribution in [3.63, 3.8) is 0 Å². The molecule has 0 bridgehead atoms. The number of hydrogen-bond donors (Lipinski definition) is 1. The van der Waals surface area contributed by atoms with Crippen LogP contribution >= 0.6 is 11.3 Å². The second kappa shape index (κ2) is 7.92. The number of carbonyl (C=O) groups excluding carboxylic acids is 1. The highest BCUT2D eigenvalue weighted by molar-refractivity contribution is 7.13. The van der Waals surface area contributed by atoms with Gasteiger partial charge in [-0.05, 0) is 26.0 Å². The summed E-state index contributed by atoms with van der Waals surface area (Å²) in [5, 5.41) is 5.68. The molecule has 6 nitrogen and oxygen atoms in total. The molecule has 2 aromatic heterocycles. The summed E-state index contributed by atoms with van der Waals surface area (Å²) in [5.41, 5.74) is 0.775. The molecular weight excluding hydrogens is 326 g/mol. The smallest absolute Gasteiger partial charge is 0.226 e. The zero-order chi connectivity index (χ0) is 16.9. The molecule has 24 heavy (non-hydrogen) atoms. The van der Waals surface area contributed by atoms with E-state index >= 15 is 0 Å². The number of ether oxygens (including phenoxy) is 1. The van der Waals surface area contributed by atoms with Crippen molar-refractivity contribution in [2.24, 2.45) is 0 Å². The number of morpholine rings is 1. The van der Waals surface area contributed by atoms with Crippen molar-refractivity contribution >= 4 is 17.2 Å². The van der Waals surface area contributed by atoms with Crippen molar-refractivity contribution in [2.75, 3.05) is 26.2 Å². The van der Waals surface area contributed by atoms with Crippen LogP contribution in [0.15, 0.2) is 28.2 Å². The molecule has 0 saturated carbocycles. The summed E-state index contributed by atoms with van der Waals surface area (Å²) in [6, 6.07) is 3.70. The molecule has 7 heteroatoms. The normalized spacial score (nSPS) is 21.8. The Balaban J connectivity index is 1.41. The first-order valence-electron chi connectivity index (χ1n) is 8.23. The Hall–Kier alpha value is -1.70. The minimum Gasteiger partial charge on any atom is -0.462 e. The maximum atomic E-state index is 12.1. The summed E-state index contributed by atoms with van der Waals surface area (Å²) in [6.45, 7) is 7.49. The number of amides is 1. The summed E-state index contributed by atoms with van der Waals surface area (Å²) in [6.07, 6.45) is 2.42. The van der Waals surface area contributed by atoms with Crippen LogP contribution in [0.5, 0.6) is 0 Å². The molecule has 3 heterocycles. The Kier molecular flexibility index (Phi) is 5.65. The zero-order valence-corrected chi connectivity index (χ0v) is 14.8. The number of rotatable bonds is 6. The summed E-state index contributed by atoms with van der Waals surface area (Å²) in [5.74, 6) is 0.739. The highest BCUT2D eigenvalue weighted by Crippen LogP contribution is 2.24. The molecule has 1 amide bonds. The molecule has 3 rings (SSSR count). The maximum absolute atomic E-state index is 12.1. The second-order valence-electron chi connectivity index (χ2n) is 6.16. The Morgan fingerprint density at radius 2 is 2.21 bits per heavy atom. The van der Waals surface area contributed by atoms with Gasteiger partial charge in [0.05, 0.1) is 30.6 Å². The van der Waals surface area contributed by atoms with Gasteiger partial charge in [-0.15, -0.1) is 11.3 Å². The third-order valence-corrected chi connectivity index (χ3v) is 4.78. The van der Waals surface area contributed by atoms with Gasteiger partial charge in [0.15, 0.2) is 10.8 Å². The van der Waals surface area contributed by atoms with Crippen molar-refractivity contribution in [1.29, 1.82) is 0 Å². The van der Waals surface area contributed by atoms with Crippen LogP contribution in [0.1, 0.15) is 19.5 Å². The number of hydrogen-bond acceptors (Lipinski definition) is 6. The number of aromatic nitrogens is 1. The van der Waals surface area contributed by atoms with Gasteiger partial charge in [0, 0.05) is 31.6 Å². The number of thiazole rings is 1. The van der Waals surface area contributed by atoms with E-state index in [2.05, 4.69) is 29.0 Å². The van der Waals surface area contributed by atoms with Crippen LogP contribution in [-0.4, -0.2) is 54.2 Å². The van der Waals surface area contributed by atoms with Gasteiger partial charge in [-0.25, -0.2) is 4.98 Å². The first-order valence-corrected chi connectivity index (χ1v) is 9.11. The fourth-order valence-corrected chi connectivity index (χ4v) is 3.73.